The molecule has 2 rings (SSSR count). The number of pyridine rings is 1. The SMILES string of the molecule is O=C(O)c1cccnc1N1CCCCC1=O. The predicted octanol–water partition coefficient (Wildman–Crippen LogP) is 1.30. The molecule has 0 radical (unpaired) electrons. The monoisotopic (exact) mass is 220 g/mol. The molecule has 0 aromatic carbocycles. The van der Waals surface area contributed by atoms with Crippen LogP contribution in [0.2, 0.25) is 0 Å². The molecule has 1 amide bonds. The Labute approximate surface area is 92.7 Å². The van der Waals surface area contributed by atoms with Crippen molar-refractivity contribution in [1.82, 2.24) is 4.98 Å². The molecule has 0 atom stereocenters. The molecule has 16 heavy (non-hydrogen) atoms. The fourth-order valence-electron chi connectivity index (χ4n) is 1.81. The molecule has 1 aromatic rings. The molecule has 1 fully saturated rings. The van der Waals surface area contributed by atoms with E-state index < -0.39 is 5.97 Å². The van der Waals surface area contributed by atoms with E-state index in [9.17, 15) is 9.59 Å². The fraction of sp³-hybridized carbons (Fsp3) is 0.364. The minimum atomic E-state index is -1.05. The average molecular weight is 220 g/mol. The van der Waals surface area contributed by atoms with Crippen molar-refractivity contribution >= 4 is 17.7 Å². The van der Waals surface area contributed by atoms with Crippen molar-refractivity contribution in [2.24, 2.45) is 0 Å². The summed E-state index contributed by atoms with van der Waals surface area (Å²) in [5.41, 5.74) is 0.0813. The Bertz CT molecular complexity index is 431. The molecule has 1 N–H and O–H groups in total. The maximum Gasteiger partial charge on any atom is 0.339 e. The minimum Gasteiger partial charge on any atom is -0.478 e. The maximum atomic E-state index is 11.7. The van der Waals surface area contributed by atoms with Gasteiger partial charge in [0.1, 0.15) is 11.4 Å². The van der Waals surface area contributed by atoms with Crippen molar-refractivity contribution in [2.75, 3.05) is 11.4 Å². The maximum absolute atomic E-state index is 11.7. The van der Waals surface area contributed by atoms with Gasteiger partial charge in [0, 0.05) is 19.2 Å². The molecule has 1 saturated heterocycles. The van der Waals surface area contributed by atoms with Crippen molar-refractivity contribution in [3.63, 3.8) is 0 Å². The van der Waals surface area contributed by atoms with Crippen molar-refractivity contribution in [1.29, 1.82) is 0 Å². The highest BCUT2D eigenvalue weighted by atomic mass is 16.4. The van der Waals surface area contributed by atoms with Gasteiger partial charge in [-0.1, -0.05) is 0 Å². The molecule has 84 valence electrons. The van der Waals surface area contributed by atoms with Gasteiger partial charge in [0.25, 0.3) is 0 Å². The summed E-state index contributed by atoms with van der Waals surface area (Å²) in [6.07, 6.45) is 3.73. The second kappa shape index (κ2) is 4.30. The largest absolute Gasteiger partial charge is 0.478 e. The number of aromatic nitrogens is 1. The molecule has 0 aliphatic carbocycles. The van der Waals surface area contributed by atoms with Crippen LogP contribution in [0.3, 0.4) is 0 Å². The van der Waals surface area contributed by atoms with E-state index in [1.165, 1.54) is 17.2 Å². The third-order valence-corrected chi connectivity index (χ3v) is 2.60. The number of carboxylic acid groups (broad SMARTS) is 1. The lowest BCUT2D eigenvalue weighted by Crippen LogP contribution is -2.36. The molecular weight excluding hydrogens is 208 g/mol. The highest BCUT2D eigenvalue weighted by Gasteiger charge is 2.24. The lowest BCUT2D eigenvalue weighted by atomic mass is 10.1. The van der Waals surface area contributed by atoms with Crippen LogP contribution in [0.1, 0.15) is 29.6 Å². The highest BCUT2D eigenvalue weighted by molar-refractivity contribution is 6.00. The summed E-state index contributed by atoms with van der Waals surface area (Å²) in [6.45, 7) is 0.552. The van der Waals surface area contributed by atoms with E-state index in [2.05, 4.69) is 4.98 Å². The first-order valence-corrected chi connectivity index (χ1v) is 5.19. The van der Waals surface area contributed by atoms with Crippen molar-refractivity contribution in [2.45, 2.75) is 19.3 Å². The number of carbonyl (C=O) groups excluding carboxylic acids is 1. The van der Waals surface area contributed by atoms with Crippen molar-refractivity contribution in [3.8, 4) is 0 Å². The average Bonchev–Trinajstić information content (AvgIpc) is 2.29. The van der Waals surface area contributed by atoms with E-state index in [4.69, 9.17) is 5.11 Å². The Hall–Kier alpha value is -1.91. The number of carboxylic acids is 1. The van der Waals surface area contributed by atoms with Gasteiger partial charge in [-0.2, -0.15) is 0 Å². The molecule has 0 spiro atoms. The first kappa shape index (κ1) is 10.6. The zero-order chi connectivity index (χ0) is 11.5. The Balaban J connectivity index is 2.38. The summed E-state index contributed by atoms with van der Waals surface area (Å²) >= 11 is 0. The van der Waals surface area contributed by atoms with Crippen LogP contribution in [0.25, 0.3) is 0 Å². The highest BCUT2D eigenvalue weighted by Crippen LogP contribution is 2.22. The summed E-state index contributed by atoms with van der Waals surface area (Å²) in [4.78, 5) is 28.1. The number of amides is 1. The van der Waals surface area contributed by atoms with Crippen LogP contribution < -0.4 is 4.90 Å². The minimum absolute atomic E-state index is 0.0487. The van der Waals surface area contributed by atoms with Crippen molar-refractivity contribution in [3.05, 3.63) is 23.9 Å². The lowest BCUT2D eigenvalue weighted by Gasteiger charge is -2.26. The number of aromatic carboxylic acids is 1. The van der Waals surface area contributed by atoms with Gasteiger partial charge in [0.15, 0.2) is 0 Å². The normalized spacial score (nSPS) is 16.2. The lowest BCUT2D eigenvalue weighted by molar-refractivity contribution is -0.119. The number of hydrogen-bond acceptors (Lipinski definition) is 3. The van der Waals surface area contributed by atoms with Crippen LogP contribution in [0.5, 0.6) is 0 Å². The summed E-state index contributed by atoms with van der Waals surface area (Å²) in [7, 11) is 0. The summed E-state index contributed by atoms with van der Waals surface area (Å²) < 4.78 is 0. The van der Waals surface area contributed by atoms with E-state index in [1.54, 1.807) is 6.07 Å². The van der Waals surface area contributed by atoms with E-state index >= 15 is 0 Å². The molecular formula is C11H12N2O3. The first-order chi connectivity index (χ1) is 7.70. The van der Waals surface area contributed by atoms with Gasteiger partial charge in [-0.15, -0.1) is 0 Å². The predicted molar refractivity (Wildman–Crippen MR) is 57.4 cm³/mol. The van der Waals surface area contributed by atoms with Gasteiger partial charge in [0.05, 0.1) is 0 Å². The molecule has 1 aromatic heterocycles. The molecule has 5 nitrogen and oxygen atoms in total. The number of hydrogen-bond donors (Lipinski definition) is 1. The smallest absolute Gasteiger partial charge is 0.339 e. The standard InChI is InChI=1S/C11H12N2O3/c14-9-5-1-2-7-13(9)10-8(11(15)16)4-3-6-12-10/h3-4,6H,1-2,5,7H2,(H,15,16). The third kappa shape index (κ3) is 1.88. The number of rotatable bonds is 2. The van der Waals surface area contributed by atoms with Gasteiger partial charge in [-0.05, 0) is 25.0 Å². The van der Waals surface area contributed by atoms with E-state index in [1.807, 2.05) is 0 Å². The van der Waals surface area contributed by atoms with E-state index in [0.29, 0.717) is 13.0 Å². The molecule has 0 bridgehead atoms. The first-order valence-electron chi connectivity index (χ1n) is 5.19. The Morgan fingerprint density at radius 1 is 1.44 bits per heavy atom. The van der Waals surface area contributed by atoms with Crippen LogP contribution in [0, 0.1) is 0 Å². The molecule has 0 saturated carbocycles. The van der Waals surface area contributed by atoms with Gasteiger partial charge >= 0.3 is 5.97 Å². The van der Waals surface area contributed by atoms with E-state index in [0.717, 1.165) is 12.8 Å². The molecule has 5 heteroatoms. The van der Waals surface area contributed by atoms with Crippen LogP contribution in [0.15, 0.2) is 18.3 Å². The van der Waals surface area contributed by atoms with Gasteiger partial charge in [0.2, 0.25) is 5.91 Å². The fourth-order valence-corrected chi connectivity index (χ4v) is 1.81. The third-order valence-electron chi connectivity index (χ3n) is 2.60. The van der Waals surface area contributed by atoms with Crippen LogP contribution in [-0.2, 0) is 4.79 Å². The van der Waals surface area contributed by atoms with Crippen molar-refractivity contribution < 1.29 is 14.7 Å². The Morgan fingerprint density at radius 2 is 2.25 bits per heavy atom. The zero-order valence-corrected chi connectivity index (χ0v) is 8.72. The number of anilines is 1. The van der Waals surface area contributed by atoms with Crippen LogP contribution in [0.4, 0.5) is 5.82 Å². The molecule has 2 heterocycles. The summed E-state index contributed by atoms with van der Waals surface area (Å²) in [6, 6.07) is 3.02. The topological polar surface area (TPSA) is 70.5 Å². The van der Waals surface area contributed by atoms with Gasteiger partial charge < -0.3 is 5.11 Å². The van der Waals surface area contributed by atoms with Gasteiger partial charge in [-0.25, -0.2) is 9.78 Å². The van der Waals surface area contributed by atoms with E-state index in [-0.39, 0.29) is 17.3 Å². The second-order valence-electron chi connectivity index (χ2n) is 3.68. The summed E-state index contributed by atoms with van der Waals surface area (Å²) in [5.74, 6) is -0.839. The number of carbonyl (C=O) groups is 2. The van der Waals surface area contributed by atoms with Crippen LogP contribution in [-0.4, -0.2) is 28.5 Å². The molecule has 0 unspecified atom stereocenters. The Kier molecular flexibility index (Phi) is 2.85. The quantitative estimate of drug-likeness (QED) is 0.815. The molecule has 1 aliphatic heterocycles. The Morgan fingerprint density at radius 3 is 2.94 bits per heavy atom. The number of piperidine rings is 1. The second-order valence-corrected chi connectivity index (χ2v) is 3.68. The number of nitrogens with zero attached hydrogens (tertiary/aromatic N) is 2. The van der Waals surface area contributed by atoms with Crippen LogP contribution >= 0.6 is 0 Å². The zero-order valence-electron chi connectivity index (χ0n) is 8.72. The molecule has 1 aliphatic rings. The summed E-state index contributed by atoms with van der Waals surface area (Å²) in [5, 5.41) is 9.00. The van der Waals surface area contributed by atoms with Gasteiger partial charge in [-0.3, -0.25) is 9.69 Å².